The Morgan fingerprint density at radius 2 is 2.08 bits per heavy atom. The quantitative estimate of drug-likeness (QED) is 0.845. The van der Waals surface area contributed by atoms with E-state index in [9.17, 15) is 4.79 Å². The third-order valence-electron chi connectivity index (χ3n) is 5.93. The molecule has 1 amide bonds. The average molecular weight is 352 g/mol. The van der Waals surface area contributed by atoms with Crippen molar-refractivity contribution in [2.24, 2.45) is 0 Å². The number of nitrogens with zero attached hydrogens (tertiary/aromatic N) is 4. The van der Waals surface area contributed by atoms with Crippen molar-refractivity contribution in [3.05, 3.63) is 47.3 Å². The Hall–Kier alpha value is -2.17. The first-order chi connectivity index (χ1) is 12.7. The first-order valence-corrected chi connectivity index (χ1v) is 9.99. The van der Waals surface area contributed by atoms with Gasteiger partial charge in [0.1, 0.15) is 5.82 Å². The molecule has 2 aromatic heterocycles. The molecule has 1 atom stereocenters. The number of pyridine rings is 1. The number of carbonyl (C=O) groups excluding carboxylic acids is 1. The van der Waals surface area contributed by atoms with Crippen molar-refractivity contribution >= 4 is 5.91 Å². The highest BCUT2D eigenvalue weighted by Crippen LogP contribution is 2.25. The van der Waals surface area contributed by atoms with E-state index in [4.69, 9.17) is 0 Å². The molecule has 0 saturated carbocycles. The molecule has 4 rings (SSSR count). The lowest BCUT2D eigenvalue weighted by atomic mass is 9.94. The molecule has 1 saturated heterocycles. The lowest BCUT2D eigenvalue weighted by Gasteiger charge is -2.36. The van der Waals surface area contributed by atoms with Gasteiger partial charge in [-0.2, -0.15) is 0 Å². The van der Waals surface area contributed by atoms with E-state index in [0.29, 0.717) is 6.04 Å². The van der Waals surface area contributed by atoms with Crippen LogP contribution in [0.3, 0.4) is 0 Å². The average Bonchev–Trinajstić information content (AvgIpc) is 3.10. The van der Waals surface area contributed by atoms with Crippen LogP contribution in [0.4, 0.5) is 0 Å². The van der Waals surface area contributed by atoms with E-state index in [-0.39, 0.29) is 5.91 Å². The summed E-state index contributed by atoms with van der Waals surface area (Å²) in [7, 11) is 0. The van der Waals surface area contributed by atoms with Gasteiger partial charge in [0.15, 0.2) is 0 Å². The fourth-order valence-corrected chi connectivity index (χ4v) is 4.37. The first-order valence-electron chi connectivity index (χ1n) is 9.99. The Labute approximate surface area is 155 Å². The standard InChI is InChI=1S/C21H28N4O/c1-16-22-10-13-24(16)12-9-19-7-4-5-11-25(19)21(26)18-14-17-6-2-3-8-20(17)23-15-18/h10,13-15,19H,2-9,11-12H2,1H3. The Bertz CT molecular complexity index is 782. The molecule has 0 aromatic carbocycles. The second kappa shape index (κ2) is 7.60. The summed E-state index contributed by atoms with van der Waals surface area (Å²) in [5.41, 5.74) is 3.25. The number of hydrogen-bond donors (Lipinski definition) is 0. The highest BCUT2D eigenvalue weighted by atomic mass is 16.2. The number of aromatic nitrogens is 3. The minimum absolute atomic E-state index is 0.165. The van der Waals surface area contributed by atoms with Gasteiger partial charge in [-0.25, -0.2) is 4.98 Å². The lowest BCUT2D eigenvalue weighted by Crippen LogP contribution is -2.44. The number of likely N-dealkylation sites (tertiary alicyclic amines) is 1. The van der Waals surface area contributed by atoms with E-state index in [1.807, 2.05) is 19.3 Å². The van der Waals surface area contributed by atoms with Crippen molar-refractivity contribution in [1.29, 1.82) is 0 Å². The Morgan fingerprint density at radius 3 is 2.92 bits per heavy atom. The minimum Gasteiger partial charge on any atom is -0.336 e. The van der Waals surface area contributed by atoms with Crippen molar-refractivity contribution in [3.8, 4) is 0 Å². The lowest BCUT2D eigenvalue weighted by molar-refractivity contribution is 0.0594. The molecule has 2 aromatic rings. The van der Waals surface area contributed by atoms with Crippen LogP contribution < -0.4 is 0 Å². The van der Waals surface area contributed by atoms with E-state index in [2.05, 4.69) is 25.5 Å². The van der Waals surface area contributed by atoms with Crippen LogP contribution in [0.5, 0.6) is 0 Å². The van der Waals surface area contributed by atoms with Gasteiger partial charge < -0.3 is 9.47 Å². The first kappa shape index (κ1) is 17.3. The van der Waals surface area contributed by atoms with Crippen LogP contribution >= 0.6 is 0 Å². The van der Waals surface area contributed by atoms with Gasteiger partial charge in [-0.3, -0.25) is 9.78 Å². The maximum Gasteiger partial charge on any atom is 0.255 e. The number of rotatable bonds is 4. The molecule has 26 heavy (non-hydrogen) atoms. The zero-order chi connectivity index (χ0) is 17.9. The molecule has 0 N–H and O–H groups in total. The SMILES string of the molecule is Cc1nccn1CCC1CCCCN1C(=O)c1cnc2c(c1)CCCC2. The molecule has 5 nitrogen and oxygen atoms in total. The molecule has 5 heteroatoms. The number of fused-ring (bicyclic) bond motifs is 1. The number of aryl methyl sites for hydroxylation is 4. The molecule has 2 aliphatic rings. The molecule has 0 bridgehead atoms. The fourth-order valence-electron chi connectivity index (χ4n) is 4.37. The van der Waals surface area contributed by atoms with Crippen LogP contribution in [0.1, 0.15) is 66.0 Å². The summed E-state index contributed by atoms with van der Waals surface area (Å²) < 4.78 is 2.18. The predicted molar refractivity (Wildman–Crippen MR) is 101 cm³/mol. The van der Waals surface area contributed by atoms with Crippen molar-refractivity contribution in [2.45, 2.75) is 70.9 Å². The Kier molecular flexibility index (Phi) is 5.05. The summed E-state index contributed by atoms with van der Waals surface area (Å²) >= 11 is 0. The maximum atomic E-state index is 13.2. The van der Waals surface area contributed by atoms with Gasteiger partial charge in [0.2, 0.25) is 0 Å². The predicted octanol–water partition coefficient (Wildman–Crippen LogP) is 3.55. The van der Waals surface area contributed by atoms with Crippen LogP contribution in [0.2, 0.25) is 0 Å². The molecule has 1 aliphatic heterocycles. The molecule has 3 heterocycles. The van der Waals surface area contributed by atoms with Crippen molar-refractivity contribution in [1.82, 2.24) is 19.4 Å². The summed E-state index contributed by atoms with van der Waals surface area (Å²) in [6, 6.07) is 2.42. The number of carbonyl (C=O) groups is 1. The summed E-state index contributed by atoms with van der Waals surface area (Å²) in [5.74, 6) is 1.20. The Balaban J connectivity index is 1.48. The van der Waals surface area contributed by atoms with Crippen LogP contribution in [-0.4, -0.2) is 37.9 Å². The topological polar surface area (TPSA) is 51.0 Å². The minimum atomic E-state index is 0.165. The van der Waals surface area contributed by atoms with Gasteiger partial charge >= 0.3 is 0 Å². The van der Waals surface area contributed by atoms with Gasteiger partial charge in [-0.1, -0.05) is 0 Å². The van der Waals surface area contributed by atoms with Gasteiger partial charge in [0.05, 0.1) is 5.56 Å². The van der Waals surface area contributed by atoms with Gasteiger partial charge in [-0.05, 0) is 69.9 Å². The summed E-state index contributed by atoms with van der Waals surface area (Å²) in [6.07, 6.45) is 14.6. The van der Waals surface area contributed by atoms with E-state index < -0.39 is 0 Å². The van der Waals surface area contributed by atoms with Crippen LogP contribution in [0, 0.1) is 6.92 Å². The second-order valence-electron chi connectivity index (χ2n) is 7.64. The van der Waals surface area contributed by atoms with E-state index in [1.165, 1.54) is 30.5 Å². The number of imidazole rings is 1. The molecule has 1 unspecified atom stereocenters. The van der Waals surface area contributed by atoms with Gasteiger partial charge in [0.25, 0.3) is 5.91 Å². The van der Waals surface area contributed by atoms with Crippen LogP contribution in [0.15, 0.2) is 24.7 Å². The molecular weight excluding hydrogens is 324 g/mol. The third kappa shape index (κ3) is 3.53. The highest BCUT2D eigenvalue weighted by Gasteiger charge is 2.28. The van der Waals surface area contributed by atoms with Crippen LogP contribution in [0.25, 0.3) is 0 Å². The molecule has 0 spiro atoms. The molecule has 1 fully saturated rings. The summed E-state index contributed by atoms with van der Waals surface area (Å²) in [5, 5.41) is 0. The second-order valence-corrected chi connectivity index (χ2v) is 7.64. The van der Waals surface area contributed by atoms with Gasteiger partial charge in [0, 0.05) is 43.4 Å². The zero-order valence-corrected chi connectivity index (χ0v) is 15.7. The van der Waals surface area contributed by atoms with Gasteiger partial charge in [-0.15, -0.1) is 0 Å². The van der Waals surface area contributed by atoms with E-state index in [0.717, 1.165) is 56.6 Å². The normalized spacial score (nSPS) is 20.0. The fraction of sp³-hybridized carbons (Fsp3) is 0.571. The number of amides is 1. The third-order valence-corrected chi connectivity index (χ3v) is 5.93. The highest BCUT2D eigenvalue weighted by molar-refractivity contribution is 5.94. The molecule has 0 radical (unpaired) electrons. The molecule has 138 valence electrons. The van der Waals surface area contributed by atoms with Crippen molar-refractivity contribution in [2.75, 3.05) is 6.54 Å². The molecular formula is C21H28N4O. The Morgan fingerprint density at radius 1 is 1.19 bits per heavy atom. The smallest absolute Gasteiger partial charge is 0.255 e. The van der Waals surface area contributed by atoms with Crippen molar-refractivity contribution in [3.63, 3.8) is 0 Å². The zero-order valence-electron chi connectivity index (χ0n) is 15.7. The number of hydrogen-bond acceptors (Lipinski definition) is 3. The van der Waals surface area contributed by atoms with Crippen LogP contribution in [-0.2, 0) is 19.4 Å². The maximum absolute atomic E-state index is 13.2. The number of piperidine rings is 1. The van der Waals surface area contributed by atoms with E-state index in [1.54, 1.807) is 6.20 Å². The van der Waals surface area contributed by atoms with E-state index >= 15 is 0 Å². The largest absolute Gasteiger partial charge is 0.336 e. The van der Waals surface area contributed by atoms with Crippen molar-refractivity contribution < 1.29 is 4.79 Å². The monoisotopic (exact) mass is 352 g/mol. The summed E-state index contributed by atoms with van der Waals surface area (Å²) in [4.78, 5) is 24.2. The molecule has 1 aliphatic carbocycles. The summed E-state index contributed by atoms with van der Waals surface area (Å²) in [6.45, 7) is 3.81.